The molecule has 2 bridgehead atoms. The van der Waals surface area contributed by atoms with Crippen LogP contribution in [0.5, 0.6) is 17.2 Å². The van der Waals surface area contributed by atoms with Crippen molar-refractivity contribution in [3.63, 3.8) is 0 Å². The molecule has 0 amide bonds. The zero-order valence-corrected chi connectivity index (χ0v) is 19.8. The molecule has 1 spiro atoms. The highest BCUT2D eigenvalue weighted by molar-refractivity contribution is 5.68. The van der Waals surface area contributed by atoms with E-state index in [0.29, 0.717) is 17.6 Å². The van der Waals surface area contributed by atoms with Gasteiger partial charge in [0.1, 0.15) is 11.5 Å². The summed E-state index contributed by atoms with van der Waals surface area (Å²) < 4.78 is 23.3. The maximum absolute atomic E-state index is 12.7. The lowest BCUT2D eigenvalue weighted by atomic mass is 9.45. The predicted octanol–water partition coefficient (Wildman–Crippen LogP) is 4.37. The molecule has 0 aromatic heterocycles. The lowest BCUT2D eigenvalue weighted by molar-refractivity contribution is -0.384. The van der Waals surface area contributed by atoms with Crippen molar-refractivity contribution in [2.45, 2.75) is 43.7 Å². The van der Waals surface area contributed by atoms with E-state index in [-0.39, 0.29) is 22.3 Å². The van der Waals surface area contributed by atoms with Crippen molar-refractivity contribution in [3.8, 4) is 17.2 Å². The number of ether oxygens (including phenoxy) is 4. The van der Waals surface area contributed by atoms with Crippen molar-refractivity contribution in [1.82, 2.24) is 4.90 Å². The molecule has 2 heterocycles. The lowest BCUT2D eigenvalue weighted by Gasteiger charge is -2.63. The van der Waals surface area contributed by atoms with Gasteiger partial charge in [-0.15, -0.1) is 0 Å². The Bertz CT molecular complexity index is 1270. The number of nitro groups is 1. The third-order valence-electron chi connectivity index (χ3n) is 8.55. The van der Waals surface area contributed by atoms with Crippen LogP contribution in [0.3, 0.4) is 0 Å². The van der Waals surface area contributed by atoms with Crippen LogP contribution in [-0.2, 0) is 16.6 Å². The summed E-state index contributed by atoms with van der Waals surface area (Å²) in [7, 11) is 3.82. The number of non-ortho nitro benzene ring substituents is 1. The highest BCUT2D eigenvalue weighted by atomic mass is 16.7. The van der Waals surface area contributed by atoms with Gasteiger partial charge in [-0.05, 0) is 62.7 Å². The normalized spacial score (nSPS) is 30.0. The fourth-order valence-electron chi connectivity index (χ4n) is 6.88. The van der Waals surface area contributed by atoms with Crippen molar-refractivity contribution in [2.24, 2.45) is 5.41 Å². The van der Waals surface area contributed by atoms with Gasteiger partial charge < -0.3 is 23.8 Å². The molecule has 2 aliphatic heterocycles. The molecule has 9 heteroatoms. The van der Waals surface area contributed by atoms with E-state index in [0.717, 1.165) is 31.6 Å². The van der Waals surface area contributed by atoms with Crippen molar-refractivity contribution >= 4 is 11.8 Å². The number of likely N-dealkylation sites (tertiary alicyclic amines) is 1. The molecule has 6 rings (SSSR count). The average Bonchev–Trinajstić information content (AvgIpc) is 3.19. The fourth-order valence-corrected chi connectivity index (χ4v) is 6.88. The molecule has 0 N–H and O–H groups in total. The molecule has 182 valence electrons. The topological polar surface area (TPSA) is 100 Å². The number of nitrogens with zero attached hydrogens (tertiary/aromatic N) is 2. The smallest absolute Gasteiger partial charge is 0.493 e. The van der Waals surface area contributed by atoms with E-state index >= 15 is 0 Å². The summed E-state index contributed by atoms with van der Waals surface area (Å²) in [4.78, 5) is 25.5. The maximum Gasteiger partial charge on any atom is 0.519 e. The zero-order chi connectivity index (χ0) is 24.5. The molecule has 1 saturated heterocycles. The number of benzene rings is 2. The van der Waals surface area contributed by atoms with Gasteiger partial charge in [0.15, 0.2) is 17.6 Å². The van der Waals surface area contributed by atoms with Gasteiger partial charge >= 0.3 is 6.16 Å². The average molecular weight is 479 g/mol. The van der Waals surface area contributed by atoms with E-state index in [1.54, 1.807) is 7.11 Å². The molecule has 35 heavy (non-hydrogen) atoms. The van der Waals surface area contributed by atoms with Crippen LogP contribution in [0, 0.1) is 15.5 Å². The van der Waals surface area contributed by atoms with Gasteiger partial charge in [-0.1, -0.05) is 13.0 Å². The van der Waals surface area contributed by atoms with E-state index in [9.17, 15) is 14.9 Å². The lowest BCUT2D eigenvalue weighted by Crippen LogP contribution is -2.69. The van der Waals surface area contributed by atoms with Crippen LogP contribution in [0.2, 0.25) is 0 Å². The summed E-state index contributed by atoms with van der Waals surface area (Å²) in [6, 6.07) is 9.71. The first kappa shape index (κ1) is 21.9. The molecule has 2 aromatic rings. The number of allylic oxidation sites excluding steroid dienone is 1. The van der Waals surface area contributed by atoms with Crippen LogP contribution in [0.25, 0.3) is 0 Å². The number of carbonyl (C=O) groups excluding carboxylic acids is 1. The van der Waals surface area contributed by atoms with Gasteiger partial charge in [-0.3, -0.25) is 10.1 Å². The van der Waals surface area contributed by atoms with Gasteiger partial charge in [0.05, 0.1) is 17.4 Å². The minimum absolute atomic E-state index is 0.0879. The summed E-state index contributed by atoms with van der Waals surface area (Å²) in [6.07, 6.45) is 3.10. The first-order valence-electron chi connectivity index (χ1n) is 11.7. The number of hydrogen-bond donors (Lipinski definition) is 0. The Morgan fingerprint density at radius 1 is 1.20 bits per heavy atom. The molecular formula is C26H26N2O7. The highest BCUT2D eigenvalue weighted by Crippen LogP contribution is 2.68. The first-order chi connectivity index (χ1) is 16.8. The summed E-state index contributed by atoms with van der Waals surface area (Å²) in [5.41, 5.74) is 1.90. The quantitative estimate of drug-likeness (QED) is 0.276. The van der Waals surface area contributed by atoms with E-state index < -0.39 is 17.2 Å². The number of nitro benzene ring substituents is 1. The van der Waals surface area contributed by atoms with Crippen molar-refractivity contribution in [1.29, 1.82) is 0 Å². The van der Waals surface area contributed by atoms with Crippen LogP contribution in [0.1, 0.15) is 30.9 Å². The Morgan fingerprint density at radius 3 is 2.69 bits per heavy atom. The number of hydrogen-bond acceptors (Lipinski definition) is 8. The third kappa shape index (κ3) is 2.87. The van der Waals surface area contributed by atoms with Crippen LogP contribution >= 0.6 is 0 Å². The van der Waals surface area contributed by atoms with Gasteiger partial charge in [0.25, 0.3) is 5.69 Å². The van der Waals surface area contributed by atoms with Crippen molar-refractivity contribution in [3.05, 3.63) is 69.5 Å². The van der Waals surface area contributed by atoms with Crippen LogP contribution in [-0.4, -0.2) is 48.8 Å². The number of piperidine rings is 1. The van der Waals surface area contributed by atoms with Crippen molar-refractivity contribution < 1.29 is 28.7 Å². The Hall–Kier alpha value is -3.59. The molecular weight excluding hydrogens is 452 g/mol. The molecule has 2 aromatic carbocycles. The molecule has 4 atom stereocenters. The highest BCUT2D eigenvalue weighted by Gasteiger charge is 2.70. The van der Waals surface area contributed by atoms with Crippen LogP contribution < -0.4 is 14.2 Å². The Morgan fingerprint density at radius 2 is 1.97 bits per heavy atom. The second-order valence-electron chi connectivity index (χ2n) is 9.98. The Kier molecular flexibility index (Phi) is 4.67. The summed E-state index contributed by atoms with van der Waals surface area (Å²) in [5, 5.41) is 10.9. The van der Waals surface area contributed by atoms with Gasteiger partial charge in [0.2, 0.25) is 0 Å². The second kappa shape index (κ2) is 7.45. The van der Waals surface area contributed by atoms with E-state index in [4.69, 9.17) is 18.9 Å². The molecule has 0 radical (unpaired) electrons. The van der Waals surface area contributed by atoms with Crippen LogP contribution in [0.4, 0.5) is 10.5 Å². The van der Waals surface area contributed by atoms with Gasteiger partial charge in [-0.25, -0.2) is 4.79 Å². The van der Waals surface area contributed by atoms with E-state index in [1.807, 2.05) is 12.1 Å². The summed E-state index contributed by atoms with van der Waals surface area (Å²) >= 11 is 0. The third-order valence-corrected chi connectivity index (χ3v) is 8.55. The van der Waals surface area contributed by atoms with Crippen molar-refractivity contribution in [2.75, 3.05) is 20.7 Å². The van der Waals surface area contributed by atoms with E-state index in [2.05, 4.69) is 24.9 Å². The minimum Gasteiger partial charge on any atom is -0.493 e. The predicted molar refractivity (Wildman–Crippen MR) is 125 cm³/mol. The molecule has 4 aliphatic rings. The Labute approximate surface area is 202 Å². The summed E-state index contributed by atoms with van der Waals surface area (Å²) in [6.45, 7) is 3.24. The van der Waals surface area contributed by atoms with Gasteiger partial charge in [-0.2, -0.15) is 0 Å². The molecule has 9 nitrogen and oxygen atoms in total. The number of methoxy groups -OCH3 is 1. The molecule has 2 aliphatic carbocycles. The van der Waals surface area contributed by atoms with Crippen LogP contribution in [0.15, 0.2) is 48.2 Å². The zero-order valence-electron chi connectivity index (χ0n) is 19.8. The van der Waals surface area contributed by atoms with Gasteiger partial charge in [0, 0.05) is 29.2 Å². The largest absolute Gasteiger partial charge is 0.519 e. The minimum atomic E-state index is -0.905. The monoisotopic (exact) mass is 478 g/mol. The molecule has 1 fully saturated rings. The number of rotatable bonds is 4. The number of likely N-dealkylation sites (N-methyl/N-ethyl adjacent to an activating group) is 1. The maximum atomic E-state index is 12.7. The van der Waals surface area contributed by atoms with E-state index in [1.165, 1.54) is 35.4 Å². The second-order valence-corrected chi connectivity index (χ2v) is 9.98. The fraction of sp³-hybridized carbons (Fsp3) is 0.423. The number of carbonyl (C=O) groups is 1. The molecule has 0 unspecified atom stereocenters. The molecule has 0 saturated carbocycles. The SMILES string of the molecule is COc1ccc2c3c1O[C@H]1C(OC(=O)Oc4ccc([N+](=O)[O-])cc4)=CC[C@@]4(C)[C@@H](C2)N(C)CC[C@]314. The summed E-state index contributed by atoms with van der Waals surface area (Å²) in [5.74, 6) is 2.02. The first-order valence-corrected chi connectivity index (χ1v) is 11.7. The standard InChI is InChI=1S/C26H26N2O7/c1-25-11-10-19(34-24(29)33-17-7-5-16(6-8-17)28(30)31)23-26(25)12-13-27(2)20(25)14-15-4-9-18(32-3)22(35-23)21(15)26/h4-10,20,23H,11-14H2,1-3H3/t20-,23+,25+,26+/m1/s1. The Balaban J connectivity index is 1.35.